The minimum atomic E-state index is -0.0833. The molecule has 1 aliphatic heterocycles. The van der Waals surface area contributed by atoms with Gasteiger partial charge in [0.25, 0.3) is 0 Å². The summed E-state index contributed by atoms with van der Waals surface area (Å²) < 4.78 is 2.42. The molecule has 1 fully saturated rings. The van der Waals surface area contributed by atoms with Crippen LogP contribution in [0.1, 0.15) is 45.1 Å². The number of imidazole rings is 1. The second kappa shape index (κ2) is 11.2. The maximum Gasteiger partial charge on any atom is 0.0777 e. The van der Waals surface area contributed by atoms with Gasteiger partial charge in [0.2, 0.25) is 0 Å². The fourth-order valence-electron chi connectivity index (χ4n) is 5.81. The van der Waals surface area contributed by atoms with Gasteiger partial charge in [0.15, 0.2) is 0 Å². The molecule has 0 amide bonds. The Balaban J connectivity index is 0.000000191. The summed E-state index contributed by atoms with van der Waals surface area (Å²) in [7, 11) is 0. The number of allylic oxidation sites excluding steroid dienone is 2. The maximum atomic E-state index is 5.01. The van der Waals surface area contributed by atoms with Gasteiger partial charge in [-0.15, -0.1) is 71.8 Å². The molecule has 4 heteroatoms. The van der Waals surface area contributed by atoms with Crippen LogP contribution in [0.5, 0.6) is 0 Å². The molecule has 0 unspecified atom stereocenters. The molecule has 2 aliphatic rings. The fourth-order valence-corrected chi connectivity index (χ4v) is 5.81. The standard InChI is InChI=1S/C23H23N2.C11H8N.Ir/c1-23(2)15-19(16-9-6-7-10-16)18-13-8-14-20-21(18)25(23)22(24-20)17-11-4-3-5-12-17;1-2-6-10(7-3-1)11-8-4-5-9-12-11;/h3-5,8,11,13-16H,6-7,9-10H2,1-2H3;1-6,8-9H;/q2*-1;. The number of pyridine rings is 1. The van der Waals surface area contributed by atoms with Crippen LogP contribution in [-0.4, -0.2) is 14.5 Å². The van der Waals surface area contributed by atoms with Gasteiger partial charge < -0.3 is 9.55 Å². The molecule has 3 heterocycles. The van der Waals surface area contributed by atoms with Gasteiger partial charge >= 0.3 is 0 Å². The van der Waals surface area contributed by atoms with E-state index >= 15 is 0 Å². The minimum absolute atomic E-state index is 0. The average molecular weight is 674 g/mol. The number of para-hydroxylation sites is 1. The summed E-state index contributed by atoms with van der Waals surface area (Å²) in [5.74, 6) is 1.73. The van der Waals surface area contributed by atoms with Crippen molar-refractivity contribution in [1.82, 2.24) is 14.5 Å². The molecule has 2 aromatic heterocycles. The van der Waals surface area contributed by atoms with Gasteiger partial charge in [0, 0.05) is 31.9 Å². The predicted octanol–water partition coefficient (Wildman–Crippen LogP) is 8.37. The van der Waals surface area contributed by atoms with Crippen molar-refractivity contribution >= 4 is 16.6 Å². The van der Waals surface area contributed by atoms with Gasteiger partial charge in [0.05, 0.1) is 22.4 Å². The van der Waals surface area contributed by atoms with Crippen molar-refractivity contribution in [3.8, 4) is 22.6 Å². The first-order valence-corrected chi connectivity index (χ1v) is 13.2. The molecule has 193 valence electrons. The van der Waals surface area contributed by atoms with Crippen LogP contribution in [0.2, 0.25) is 0 Å². The van der Waals surface area contributed by atoms with Gasteiger partial charge in [0.1, 0.15) is 0 Å². The van der Waals surface area contributed by atoms with Crippen LogP contribution < -0.4 is 0 Å². The zero-order chi connectivity index (χ0) is 25.2. The topological polar surface area (TPSA) is 30.7 Å². The zero-order valence-electron chi connectivity index (χ0n) is 21.8. The van der Waals surface area contributed by atoms with Crippen molar-refractivity contribution in [2.75, 3.05) is 0 Å². The van der Waals surface area contributed by atoms with E-state index in [-0.39, 0.29) is 25.6 Å². The number of hydrogen-bond donors (Lipinski definition) is 0. The number of nitrogens with zero attached hydrogens (tertiary/aromatic N) is 3. The van der Waals surface area contributed by atoms with Crippen molar-refractivity contribution < 1.29 is 20.1 Å². The number of rotatable bonds is 3. The summed E-state index contributed by atoms with van der Waals surface area (Å²) in [6, 6.07) is 34.9. The summed E-state index contributed by atoms with van der Waals surface area (Å²) >= 11 is 0. The molecular weight excluding hydrogens is 643 g/mol. The Kier molecular flexibility index (Phi) is 7.74. The maximum absolute atomic E-state index is 5.01. The van der Waals surface area contributed by atoms with E-state index in [9.17, 15) is 0 Å². The molecule has 1 aliphatic carbocycles. The van der Waals surface area contributed by atoms with Crippen LogP contribution in [-0.2, 0) is 25.6 Å². The van der Waals surface area contributed by atoms with Gasteiger partial charge in [-0.25, -0.2) is 0 Å². The second-order valence-corrected chi connectivity index (χ2v) is 10.4. The van der Waals surface area contributed by atoms with E-state index in [1.807, 2.05) is 54.6 Å². The van der Waals surface area contributed by atoms with Crippen LogP contribution in [0.15, 0.2) is 97.2 Å². The molecule has 3 aromatic carbocycles. The molecule has 0 N–H and O–H groups in total. The summed E-state index contributed by atoms with van der Waals surface area (Å²) in [6.45, 7) is 4.62. The van der Waals surface area contributed by atoms with Crippen molar-refractivity contribution in [2.24, 2.45) is 5.92 Å². The monoisotopic (exact) mass is 674 g/mol. The Morgan fingerprint density at radius 1 is 0.816 bits per heavy atom. The predicted molar refractivity (Wildman–Crippen MR) is 152 cm³/mol. The molecule has 1 saturated carbocycles. The Morgan fingerprint density at radius 3 is 2.18 bits per heavy atom. The van der Waals surface area contributed by atoms with E-state index in [2.05, 4.69) is 71.9 Å². The molecular formula is C34H31IrN3-2. The minimum Gasteiger partial charge on any atom is -0.355 e. The largest absolute Gasteiger partial charge is 0.355 e. The Labute approximate surface area is 239 Å². The quantitative estimate of drug-likeness (QED) is 0.180. The third-order valence-corrected chi connectivity index (χ3v) is 7.47. The van der Waals surface area contributed by atoms with Crippen LogP contribution >= 0.6 is 0 Å². The summed E-state index contributed by atoms with van der Waals surface area (Å²) in [5.41, 5.74) is 8.32. The first-order valence-electron chi connectivity index (χ1n) is 13.2. The van der Waals surface area contributed by atoms with Gasteiger partial charge in [-0.05, 0) is 56.0 Å². The van der Waals surface area contributed by atoms with Crippen LogP contribution in [0, 0.1) is 18.1 Å². The van der Waals surface area contributed by atoms with E-state index in [0.29, 0.717) is 5.92 Å². The second-order valence-electron chi connectivity index (χ2n) is 10.4. The van der Waals surface area contributed by atoms with E-state index in [1.165, 1.54) is 36.8 Å². The number of hydrogen-bond acceptors (Lipinski definition) is 2. The number of benzene rings is 3. The smallest absolute Gasteiger partial charge is 0.0777 e. The van der Waals surface area contributed by atoms with Gasteiger partial charge in [-0.1, -0.05) is 43.2 Å². The normalized spacial score (nSPS) is 15.8. The van der Waals surface area contributed by atoms with E-state index in [1.54, 1.807) is 11.8 Å². The molecule has 0 spiro atoms. The Hall–Kier alpha value is -3.33. The van der Waals surface area contributed by atoms with Crippen molar-refractivity contribution in [2.45, 2.75) is 45.1 Å². The molecule has 0 bridgehead atoms. The molecule has 38 heavy (non-hydrogen) atoms. The van der Waals surface area contributed by atoms with E-state index in [4.69, 9.17) is 4.98 Å². The first-order chi connectivity index (χ1) is 18.1. The average Bonchev–Trinajstić information content (AvgIpc) is 3.62. The molecule has 5 aromatic rings. The molecule has 1 radical (unpaired) electrons. The zero-order valence-corrected chi connectivity index (χ0v) is 24.2. The first kappa shape index (κ1) is 26.3. The molecule has 0 saturated heterocycles. The van der Waals surface area contributed by atoms with Crippen LogP contribution in [0.4, 0.5) is 0 Å². The summed E-state index contributed by atoms with van der Waals surface area (Å²) in [4.78, 5) is 9.23. The molecule has 3 nitrogen and oxygen atoms in total. The van der Waals surface area contributed by atoms with E-state index < -0.39 is 0 Å². The third-order valence-electron chi connectivity index (χ3n) is 7.47. The summed E-state index contributed by atoms with van der Waals surface area (Å²) in [6.07, 6.45) is 9.66. The Bertz CT molecular complexity index is 1490. The van der Waals surface area contributed by atoms with Crippen molar-refractivity contribution in [3.63, 3.8) is 0 Å². The van der Waals surface area contributed by atoms with Gasteiger partial charge in [-0.3, -0.25) is 4.98 Å². The van der Waals surface area contributed by atoms with Crippen molar-refractivity contribution in [3.05, 3.63) is 115 Å². The molecule has 7 rings (SSSR count). The van der Waals surface area contributed by atoms with E-state index in [0.717, 1.165) is 28.2 Å². The fraction of sp³-hybridized carbons (Fsp3) is 0.235. The van der Waals surface area contributed by atoms with Crippen molar-refractivity contribution in [1.29, 1.82) is 0 Å². The van der Waals surface area contributed by atoms with Crippen LogP contribution in [0.25, 0.3) is 39.3 Å². The number of aromatic nitrogens is 3. The summed E-state index contributed by atoms with van der Waals surface area (Å²) in [5, 5.41) is 0. The third kappa shape index (κ3) is 5.04. The van der Waals surface area contributed by atoms with Gasteiger partial charge in [-0.2, -0.15) is 0 Å². The SMILES string of the molecule is CC1(C)C=C(C2CCCC2)c2cccc3nc(-c4[c-]cccc4)n1c23.[Ir].[c-]1ccccc1-c1ccccn1. The Morgan fingerprint density at radius 2 is 1.53 bits per heavy atom. The molecule has 0 atom stereocenters. The van der Waals surface area contributed by atoms with Crippen LogP contribution in [0.3, 0.4) is 0 Å².